The van der Waals surface area contributed by atoms with E-state index in [9.17, 15) is 31.7 Å². The number of hydrogen-bond acceptors (Lipinski definition) is 4. The van der Waals surface area contributed by atoms with Gasteiger partial charge in [0.15, 0.2) is 9.84 Å². The molecule has 0 saturated heterocycles. The van der Waals surface area contributed by atoms with Crippen LogP contribution in [0.25, 0.3) is 0 Å². The monoisotopic (exact) mass is 345 g/mol. The number of alkyl halides is 4. The zero-order valence-corrected chi connectivity index (χ0v) is 12.3. The molecule has 0 saturated carbocycles. The van der Waals surface area contributed by atoms with Crippen LogP contribution < -0.4 is 0 Å². The SMILES string of the molecule is CC(CCl)CS(=O)(=O)c1ccc(C(F)(F)F)cc1[N+](=O)[O-]. The molecule has 1 atom stereocenters. The maximum atomic E-state index is 12.5. The molecule has 0 heterocycles. The Labute approximate surface area is 123 Å². The van der Waals surface area contributed by atoms with Crippen LogP contribution in [-0.4, -0.2) is 25.0 Å². The van der Waals surface area contributed by atoms with E-state index in [0.29, 0.717) is 12.1 Å². The molecule has 0 spiro atoms. The first-order valence-corrected chi connectivity index (χ1v) is 7.82. The van der Waals surface area contributed by atoms with Crippen LogP contribution >= 0.6 is 11.6 Å². The molecule has 0 amide bonds. The van der Waals surface area contributed by atoms with Gasteiger partial charge in [-0.2, -0.15) is 13.2 Å². The molecule has 0 aliphatic carbocycles. The van der Waals surface area contributed by atoms with Gasteiger partial charge < -0.3 is 0 Å². The topological polar surface area (TPSA) is 77.3 Å². The zero-order chi connectivity index (χ0) is 16.4. The average Bonchev–Trinajstić information content (AvgIpc) is 2.36. The summed E-state index contributed by atoms with van der Waals surface area (Å²) in [5.41, 5.74) is -2.37. The van der Waals surface area contributed by atoms with Crippen LogP contribution in [0.15, 0.2) is 23.1 Å². The number of sulfone groups is 1. The van der Waals surface area contributed by atoms with Crippen LogP contribution in [0, 0.1) is 16.0 Å². The highest BCUT2D eigenvalue weighted by Crippen LogP contribution is 2.35. The van der Waals surface area contributed by atoms with Crippen molar-refractivity contribution in [2.24, 2.45) is 5.92 Å². The number of nitro benzene ring substituents is 1. The molecule has 10 heteroatoms. The zero-order valence-electron chi connectivity index (χ0n) is 10.7. The summed E-state index contributed by atoms with van der Waals surface area (Å²) in [6, 6.07) is 1.33. The number of halogens is 4. The first-order chi connectivity index (χ1) is 9.49. The summed E-state index contributed by atoms with van der Waals surface area (Å²) in [5, 5.41) is 10.9. The highest BCUT2D eigenvalue weighted by Gasteiger charge is 2.35. The van der Waals surface area contributed by atoms with Gasteiger partial charge in [0.25, 0.3) is 5.69 Å². The van der Waals surface area contributed by atoms with Gasteiger partial charge in [0.1, 0.15) is 4.90 Å². The number of benzene rings is 1. The Kier molecular flexibility index (Phi) is 5.21. The summed E-state index contributed by atoms with van der Waals surface area (Å²) in [4.78, 5) is 8.97. The predicted molar refractivity (Wildman–Crippen MR) is 70.0 cm³/mol. The van der Waals surface area contributed by atoms with E-state index < -0.39 is 48.8 Å². The minimum Gasteiger partial charge on any atom is -0.258 e. The van der Waals surface area contributed by atoms with Gasteiger partial charge in [0.2, 0.25) is 0 Å². The molecule has 21 heavy (non-hydrogen) atoms. The van der Waals surface area contributed by atoms with Crippen molar-refractivity contribution in [3.05, 3.63) is 33.9 Å². The van der Waals surface area contributed by atoms with Crippen LogP contribution in [0.4, 0.5) is 18.9 Å². The standard InChI is InChI=1S/C11H11ClF3NO4S/c1-7(5-12)6-21(19,20)10-3-2-8(11(13,14)15)4-9(10)16(17)18/h2-4,7H,5-6H2,1H3. The molecule has 0 aromatic heterocycles. The van der Waals surface area contributed by atoms with Crippen molar-refractivity contribution in [2.45, 2.75) is 18.0 Å². The van der Waals surface area contributed by atoms with Gasteiger partial charge in [-0.05, 0) is 18.1 Å². The highest BCUT2D eigenvalue weighted by atomic mass is 35.5. The third-order valence-electron chi connectivity index (χ3n) is 2.59. The Morgan fingerprint density at radius 3 is 2.38 bits per heavy atom. The molecule has 0 radical (unpaired) electrons. The highest BCUT2D eigenvalue weighted by molar-refractivity contribution is 7.91. The minimum atomic E-state index is -4.80. The fourth-order valence-corrected chi connectivity index (χ4v) is 3.62. The molecular formula is C11H11ClF3NO4S. The van der Waals surface area contributed by atoms with Crippen molar-refractivity contribution < 1.29 is 26.5 Å². The van der Waals surface area contributed by atoms with Gasteiger partial charge >= 0.3 is 6.18 Å². The Morgan fingerprint density at radius 1 is 1.38 bits per heavy atom. The van der Waals surface area contributed by atoms with E-state index in [1.807, 2.05) is 0 Å². The lowest BCUT2D eigenvalue weighted by Crippen LogP contribution is -2.17. The van der Waals surface area contributed by atoms with Gasteiger partial charge in [-0.15, -0.1) is 11.6 Å². The molecule has 1 aromatic rings. The number of hydrogen-bond donors (Lipinski definition) is 0. The lowest BCUT2D eigenvalue weighted by Gasteiger charge is -2.11. The van der Waals surface area contributed by atoms with Crippen molar-refractivity contribution in [3.63, 3.8) is 0 Å². The molecule has 1 unspecified atom stereocenters. The van der Waals surface area contributed by atoms with Crippen LogP contribution in [0.3, 0.4) is 0 Å². The molecule has 118 valence electrons. The molecular weight excluding hydrogens is 335 g/mol. The van der Waals surface area contributed by atoms with Crippen LogP contribution in [0.1, 0.15) is 12.5 Å². The molecule has 1 aromatic carbocycles. The fraction of sp³-hybridized carbons (Fsp3) is 0.455. The second-order valence-electron chi connectivity index (χ2n) is 4.48. The smallest absolute Gasteiger partial charge is 0.258 e. The third-order valence-corrected chi connectivity index (χ3v) is 5.14. The summed E-state index contributed by atoms with van der Waals surface area (Å²) in [6.45, 7) is 1.51. The molecule has 0 fully saturated rings. The second-order valence-corrected chi connectivity index (χ2v) is 6.79. The van der Waals surface area contributed by atoms with Gasteiger partial charge in [0.05, 0.1) is 16.2 Å². The predicted octanol–water partition coefficient (Wildman–Crippen LogP) is 3.26. The molecule has 5 nitrogen and oxygen atoms in total. The quantitative estimate of drug-likeness (QED) is 0.466. The van der Waals surface area contributed by atoms with Gasteiger partial charge in [-0.25, -0.2) is 8.42 Å². The Morgan fingerprint density at radius 2 is 1.95 bits per heavy atom. The first-order valence-electron chi connectivity index (χ1n) is 5.63. The Hall–Kier alpha value is -1.35. The summed E-state index contributed by atoms with van der Waals surface area (Å²) >= 11 is 5.49. The molecule has 0 aliphatic rings. The molecule has 0 bridgehead atoms. The van der Waals surface area contributed by atoms with Crippen molar-refractivity contribution in [1.29, 1.82) is 0 Å². The Bertz CT molecular complexity index is 645. The Balaban J connectivity index is 3.41. The lowest BCUT2D eigenvalue weighted by molar-refractivity contribution is -0.388. The van der Waals surface area contributed by atoms with Gasteiger partial charge in [0, 0.05) is 11.9 Å². The number of rotatable bonds is 5. The van der Waals surface area contributed by atoms with E-state index in [2.05, 4.69) is 0 Å². The summed E-state index contributed by atoms with van der Waals surface area (Å²) in [7, 11) is -4.10. The summed E-state index contributed by atoms with van der Waals surface area (Å²) in [5.74, 6) is -0.963. The molecule has 1 rings (SSSR count). The van der Waals surface area contributed by atoms with E-state index >= 15 is 0 Å². The molecule has 0 aliphatic heterocycles. The van der Waals surface area contributed by atoms with E-state index in [4.69, 9.17) is 11.6 Å². The first kappa shape index (κ1) is 17.7. The van der Waals surface area contributed by atoms with E-state index in [1.165, 1.54) is 6.92 Å². The second kappa shape index (κ2) is 6.18. The van der Waals surface area contributed by atoms with Crippen LogP contribution in [0.5, 0.6) is 0 Å². The lowest BCUT2D eigenvalue weighted by atomic mass is 10.2. The minimum absolute atomic E-state index is 0.00760. The van der Waals surface area contributed by atoms with E-state index in [0.717, 1.165) is 0 Å². The fourth-order valence-electron chi connectivity index (χ4n) is 1.61. The van der Waals surface area contributed by atoms with Crippen LogP contribution in [-0.2, 0) is 16.0 Å². The third kappa shape index (κ3) is 4.31. The number of nitro groups is 1. The van der Waals surface area contributed by atoms with E-state index in [-0.39, 0.29) is 11.9 Å². The normalized spacial score (nSPS) is 14.0. The maximum absolute atomic E-state index is 12.5. The largest absolute Gasteiger partial charge is 0.416 e. The van der Waals surface area contributed by atoms with E-state index in [1.54, 1.807) is 0 Å². The summed E-state index contributed by atoms with van der Waals surface area (Å²) < 4.78 is 61.7. The van der Waals surface area contributed by atoms with Gasteiger partial charge in [-0.3, -0.25) is 10.1 Å². The van der Waals surface area contributed by atoms with Gasteiger partial charge in [-0.1, -0.05) is 6.92 Å². The maximum Gasteiger partial charge on any atom is 0.416 e. The molecule has 0 N–H and O–H groups in total. The number of nitrogens with zero attached hydrogens (tertiary/aromatic N) is 1. The van der Waals surface area contributed by atoms with Crippen LogP contribution in [0.2, 0.25) is 0 Å². The van der Waals surface area contributed by atoms with Crippen molar-refractivity contribution in [3.8, 4) is 0 Å². The summed E-state index contributed by atoms with van der Waals surface area (Å²) in [6.07, 6.45) is -4.80. The average molecular weight is 346 g/mol. The van der Waals surface area contributed by atoms with Crippen molar-refractivity contribution in [2.75, 3.05) is 11.6 Å². The van der Waals surface area contributed by atoms with Crippen molar-refractivity contribution >= 4 is 27.1 Å². The van der Waals surface area contributed by atoms with Crippen molar-refractivity contribution in [1.82, 2.24) is 0 Å².